The van der Waals surface area contributed by atoms with Crippen LogP contribution in [0, 0.1) is 5.92 Å². The van der Waals surface area contributed by atoms with Crippen molar-refractivity contribution in [2.24, 2.45) is 5.92 Å². The van der Waals surface area contributed by atoms with Crippen LogP contribution in [0.3, 0.4) is 0 Å². The van der Waals surface area contributed by atoms with Crippen LogP contribution in [0.4, 0.5) is 5.82 Å². The number of nitrogen functional groups attached to an aromatic ring is 1. The summed E-state index contributed by atoms with van der Waals surface area (Å²) in [6.07, 6.45) is 0.902. The highest BCUT2D eigenvalue weighted by Crippen LogP contribution is 2.22. The van der Waals surface area contributed by atoms with Gasteiger partial charge in [-0.3, -0.25) is 0 Å². The number of hydrogen-bond donors (Lipinski definition) is 1. The van der Waals surface area contributed by atoms with Crippen molar-refractivity contribution in [3.63, 3.8) is 0 Å². The summed E-state index contributed by atoms with van der Waals surface area (Å²) in [5.41, 5.74) is 8.23. The normalized spacial score (nSPS) is 15.9. The number of nitrogens with zero attached hydrogens (tertiary/aromatic N) is 2. The molecule has 0 spiro atoms. The van der Waals surface area contributed by atoms with Crippen molar-refractivity contribution < 1.29 is 4.74 Å². The Labute approximate surface area is 84.0 Å². The van der Waals surface area contributed by atoms with Gasteiger partial charge in [-0.25, -0.2) is 4.68 Å². The van der Waals surface area contributed by atoms with E-state index in [2.05, 4.69) is 18.9 Å². The lowest BCUT2D eigenvalue weighted by molar-refractivity contribution is 0.108. The predicted octanol–water partition coefficient (Wildman–Crippen LogP) is 1.19. The molecule has 0 fully saturated rings. The summed E-state index contributed by atoms with van der Waals surface area (Å²) in [7, 11) is 0. The predicted molar refractivity (Wildman–Crippen MR) is 54.8 cm³/mol. The fraction of sp³-hybridized carbons (Fsp3) is 0.700. The van der Waals surface area contributed by atoms with E-state index in [-0.39, 0.29) is 0 Å². The number of rotatable bonds is 2. The average molecular weight is 195 g/mol. The molecule has 4 heteroatoms. The molecule has 1 aliphatic heterocycles. The maximum atomic E-state index is 6.02. The first-order valence-electron chi connectivity index (χ1n) is 5.10. The largest absolute Gasteiger partial charge is 0.384 e. The zero-order valence-corrected chi connectivity index (χ0v) is 8.79. The molecule has 2 heterocycles. The Balaban J connectivity index is 2.29. The maximum Gasteiger partial charge on any atom is 0.125 e. The molecule has 0 atom stereocenters. The van der Waals surface area contributed by atoms with E-state index in [0.717, 1.165) is 31.1 Å². The molecule has 78 valence electrons. The molecule has 1 aliphatic rings. The lowest BCUT2D eigenvalue weighted by Crippen LogP contribution is -2.10. The molecular formula is C10H17N3O. The molecule has 0 aliphatic carbocycles. The number of anilines is 1. The van der Waals surface area contributed by atoms with Crippen LogP contribution in [0.1, 0.15) is 25.1 Å². The van der Waals surface area contributed by atoms with Gasteiger partial charge in [0, 0.05) is 18.5 Å². The molecular weight excluding hydrogens is 178 g/mol. The molecule has 0 unspecified atom stereocenters. The topological polar surface area (TPSA) is 53.1 Å². The van der Waals surface area contributed by atoms with Gasteiger partial charge in [0.25, 0.3) is 0 Å². The highest BCUT2D eigenvalue weighted by molar-refractivity contribution is 5.44. The zero-order chi connectivity index (χ0) is 10.1. The van der Waals surface area contributed by atoms with Crippen molar-refractivity contribution in [3.8, 4) is 0 Å². The van der Waals surface area contributed by atoms with Gasteiger partial charge < -0.3 is 10.5 Å². The molecule has 2 N–H and O–H groups in total. The van der Waals surface area contributed by atoms with E-state index >= 15 is 0 Å². The van der Waals surface area contributed by atoms with Crippen LogP contribution in [0.25, 0.3) is 0 Å². The van der Waals surface area contributed by atoms with Crippen molar-refractivity contribution in [2.75, 3.05) is 12.3 Å². The summed E-state index contributed by atoms with van der Waals surface area (Å²) >= 11 is 0. The van der Waals surface area contributed by atoms with Gasteiger partial charge in [0.15, 0.2) is 0 Å². The van der Waals surface area contributed by atoms with Crippen LogP contribution in [-0.2, 0) is 24.3 Å². The van der Waals surface area contributed by atoms with Crippen LogP contribution in [-0.4, -0.2) is 16.4 Å². The van der Waals surface area contributed by atoms with Crippen molar-refractivity contribution in [1.29, 1.82) is 0 Å². The van der Waals surface area contributed by atoms with Crippen molar-refractivity contribution in [2.45, 2.75) is 33.4 Å². The summed E-state index contributed by atoms with van der Waals surface area (Å²) in [6, 6.07) is 0. The van der Waals surface area contributed by atoms with E-state index < -0.39 is 0 Å². The van der Waals surface area contributed by atoms with E-state index in [0.29, 0.717) is 12.5 Å². The third kappa shape index (κ3) is 1.62. The minimum Gasteiger partial charge on any atom is -0.384 e. The van der Waals surface area contributed by atoms with E-state index in [1.807, 2.05) is 4.68 Å². The fourth-order valence-electron chi connectivity index (χ4n) is 1.78. The van der Waals surface area contributed by atoms with Gasteiger partial charge in [0.1, 0.15) is 5.82 Å². The Hall–Kier alpha value is -1.03. The molecule has 1 aromatic heterocycles. The molecule has 1 aromatic rings. The molecule has 0 bridgehead atoms. The van der Waals surface area contributed by atoms with Gasteiger partial charge in [-0.2, -0.15) is 5.10 Å². The fourth-order valence-corrected chi connectivity index (χ4v) is 1.78. The molecule has 0 saturated heterocycles. The Morgan fingerprint density at radius 3 is 3.00 bits per heavy atom. The van der Waals surface area contributed by atoms with Gasteiger partial charge in [0.2, 0.25) is 0 Å². The van der Waals surface area contributed by atoms with E-state index in [4.69, 9.17) is 10.5 Å². The number of ether oxygens (including phenoxy) is 1. The number of hydrogen-bond acceptors (Lipinski definition) is 3. The summed E-state index contributed by atoms with van der Waals surface area (Å²) in [5.74, 6) is 1.40. The number of aromatic nitrogens is 2. The first-order valence-corrected chi connectivity index (χ1v) is 5.10. The molecule has 0 amide bonds. The quantitative estimate of drug-likeness (QED) is 0.771. The smallest absolute Gasteiger partial charge is 0.125 e. The maximum absolute atomic E-state index is 6.02. The minimum atomic E-state index is 0.569. The summed E-state index contributed by atoms with van der Waals surface area (Å²) in [6.45, 7) is 6.60. The molecule has 0 saturated carbocycles. The molecule has 4 nitrogen and oxygen atoms in total. The van der Waals surface area contributed by atoms with Crippen molar-refractivity contribution in [1.82, 2.24) is 9.78 Å². The average Bonchev–Trinajstić information content (AvgIpc) is 2.44. The van der Waals surface area contributed by atoms with Gasteiger partial charge >= 0.3 is 0 Å². The SMILES string of the molecule is CC(C)Cn1nc2c(c1N)CCOC2. The Bertz CT molecular complexity index is 330. The van der Waals surface area contributed by atoms with Gasteiger partial charge in [-0.15, -0.1) is 0 Å². The molecule has 14 heavy (non-hydrogen) atoms. The highest BCUT2D eigenvalue weighted by atomic mass is 16.5. The van der Waals surface area contributed by atoms with Crippen molar-refractivity contribution >= 4 is 5.82 Å². The number of fused-ring (bicyclic) bond motifs is 1. The Morgan fingerprint density at radius 2 is 2.36 bits per heavy atom. The molecule has 0 aromatic carbocycles. The van der Waals surface area contributed by atoms with Crippen LogP contribution in [0.5, 0.6) is 0 Å². The van der Waals surface area contributed by atoms with E-state index in [1.165, 1.54) is 5.56 Å². The highest BCUT2D eigenvalue weighted by Gasteiger charge is 2.19. The monoisotopic (exact) mass is 195 g/mol. The summed E-state index contributed by atoms with van der Waals surface area (Å²) in [5, 5.41) is 4.46. The van der Waals surface area contributed by atoms with E-state index in [1.54, 1.807) is 0 Å². The second-order valence-corrected chi connectivity index (χ2v) is 4.19. The number of nitrogens with two attached hydrogens (primary N) is 1. The third-order valence-corrected chi connectivity index (χ3v) is 2.45. The lowest BCUT2D eigenvalue weighted by atomic mass is 10.1. The Kier molecular flexibility index (Phi) is 2.46. The zero-order valence-electron chi connectivity index (χ0n) is 8.79. The Morgan fingerprint density at radius 1 is 1.57 bits per heavy atom. The summed E-state index contributed by atoms with van der Waals surface area (Å²) in [4.78, 5) is 0. The van der Waals surface area contributed by atoms with Crippen LogP contribution < -0.4 is 5.73 Å². The van der Waals surface area contributed by atoms with Crippen molar-refractivity contribution in [3.05, 3.63) is 11.3 Å². The standard InChI is InChI=1S/C10H17N3O/c1-7(2)5-13-10(11)8-3-4-14-6-9(8)12-13/h7H,3-6,11H2,1-2H3. The second-order valence-electron chi connectivity index (χ2n) is 4.19. The first kappa shape index (κ1) is 9.52. The van der Waals surface area contributed by atoms with Crippen LogP contribution in [0.2, 0.25) is 0 Å². The van der Waals surface area contributed by atoms with Gasteiger partial charge in [0.05, 0.1) is 18.9 Å². The van der Waals surface area contributed by atoms with Gasteiger partial charge in [-0.1, -0.05) is 13.8 Å². The van der Waals surface area contributed by atoms with Gasteiger partial charge in [-0.05, 0) is 5.92 Å². The first-order chi connectivity index (χ1) is 6.68. The van der Waals surface area contributed by atoms with Crippen LogP contribution >= 0.6 is 0 Å². The minimum absolute atomic E-state index is 0.569. The lowest BCUT2D eigenvalue weighted by Gasteiger charge is -2.10. The molecule has 0 radical (unpaired) electrons. The van der Waals surface area contributed by atoms with E-state index in [9.17, 15) is 0 Å². The van der Waals surface area contributed by atoms with Crippen LogP contribution in [0.15, 0.2) is 0 Å². The molecule has 2 rings (SSSR count). The third-order valence-electron chi connectivity index (χ3n) is 2.45. The second kappa shape index (κ2) is 3.61. The summed E-state index contributed by atoms with van der Waals surface area (Å²) < 4.78 is 7.24.